The van der Waals surface area contributed by atoms with E-state index in [1.54, 1.807) is 6.08 Å². The quantitative estimate of drug-likeness (QED) is 0.0320. The van der Waals surface area contributed by atoms with Crippen LogP contribution in [0.5, 0.6) is 0 Å². The van der Waals surface area contributed by atoms with E-state index in [0.717, 1.165) is 44.9 Å². The lowest BCUT2D eigenvalue weighted by Crippen LogP contribution is -2.45. The Morgan fingerprint density at radius 3 is 1.00 bits per heavy atom. The highest BCUT2D eigenvalue weighted by Crippen LogP contribution is 2.18. The first kappa shape index (κ1) is 74.1. The van der Waals surface area contributed by atoms with Gasteiger partial charge in [0.15, 0.2) is 0 Å². The van der Waals surface area contributed by atoms with Gasteiger partial charge in [0.1, 0.15) is 0 Å². The fourth-order valence-corrected chi connectivity index (χ4v) is 10.7. The number of ether oxygens (including phenoxy) is 1. The van der Waals surface area contributed by atoms with Crippen molar-refractivity contribution < 1.29 is 24.5 Å². The number of carbonyl (C=O) groups is 2. The molecule has 0 spiro atoms. The Morgan fingerprint density at radius 1 is 0.368 bits per heavy atom. The van der Waals surface area contributed by atoms with Crippen LogP contribution in [-0.2, 0) is 14.3 Å². The molecule has 0 heterocycles. The second-order valence-corrected chi connectivity index (χ2v) is 23.5. The topological polar surface area (TPSA) is 95.9 Å². The molecule has 0 aliphatic carbocycles. The van der Waals surface area contributed by atoms with Crippen molar-refractivity contribution >= 4 is 11.9 Å². The largest absolute Gasteiger partial charge is 0.466 e. The van der Waals surface area contributed by atoms with E-state index in [2.05, 4.69) is 43.5 Å². The standard InChI is InChI=1S/C70H133NO5/c1-3-5-7-9-11-13-15-17-19-36-40-44-48-52-56-60-64-70(75)76-65-61-57-53-49-45-41-37-34-32-30-28-26-24-22-20-21-23-25-27-29-31-33-35-39-43-47-51-55-59-63-69(74)71-67(66-72)68(73)62-58-54-50-46-42-38-18-16-14-12-10-8-6-4-2/h20,22,26,28,58,62,67-68,72-73H,3-19,21,23-25,27,29-57,59-61,63-66H2,1-2H3,(H,71,74)/b22-20-,28-26-,62-58+. The van der Waals surface area contributed by atoms with Gasteiger partial charge in [-0.1, -0.05) is 333 Å². The van der Waals surface area contributed by atoms with Crippen molar-refractivity contribution in [3.05, 3.63) is 36.5 Å². The molecule has 6 heteroatoms. The lowest BCUT2D eigenvalue weighted by Gasteiger charge is -2.20. The van der Waals surface area contributed by atoms with Gasteiger partial charge in [0, 0.05) is 12.8 Å². The molecule has 0 fully saturated rings. The number of rotatable bonds is 64. The Bertz CT molecular complexity index is 1230. The molecular weight excluding hydrogens is 935 g/mol. The van der Waals surface area contributed by atoms with Crippen LogP contribution in [0.3, 0.4) is 0 Å². The van der Waals surface area contributed by atoms with Gasteiger partial charge in [-0.15, -0.1) is 0 Å². The SMILES string of the molecule is CCCCCCCCCCCCCC/C=C/C(O)C(CO)NC(=O)CCCCCCCCCCCCCCC/C=C\C/C=C\CCCCCCCCCCCOC(=O)CCCCCCCCCCCCCCCCCC. The number of hydrogen-bond acceptors (Lipinski definition) is 5. The van der Waals surface area contributed by atoms with Crippen LogP contribution in [-0.4, -0.2) is 47.4 Å². The number of unbranched alkanes of at least 4 members (excludes halogenated alkanes) is 49. The molecule has 0 saturated heterocycles. The average Bonchev–Trinajstić information content (AvgIpc) is 3.42. The lowest BCUT2D eigenvalue weighted by molar-refractivity contribution is -0.143. The number of esters is 1. The van der Waals surface area contributed by atoms with Gasteiger partial charge in [-0.05, 0) is 64.2 Å². The summed E-state index contributed by atoms with van der Waals surface area (Å²) in [6, 6.07) is -0.628. The molecule has 1 amide bonds. The van der Waals surface area contributed by atoms with Gasteiger partial charge in [0.2, 0.25) is 5.91 Å². The normalized spacial score (nSPS) is 12.7. The van der Waals surface area contributed by atoms with E-state index in [1.165, 1.54) is 302 Å². The Labute approximate surface area is 474 Å². The van der Waals surface area contributed by atoms with Crippen LogP contribution in [0.1, 0.15) is 373 Å². The van der Waals surface area contributed by atoms with Crippen LogP contribution >= 0.6 is 0 Å². The van der Waals surface area contributed by atoms with Crippen molar-refractivity contribution in [1.29, 1.82) is 0 Å². The zero-order chi connectivity index (χ0) is 55.0. The molecule has 0 aromatic heterocycles. The molecule has 0 aliphatic rings. The van der Waals surface area contributed by atoms with Crippen LogP contribution in [0, 0.1) is 0 Å². The highest BCUT2D eigenvalue weighted by Gasteiger charge is 2.18. The minimum absolute atomic E-state index is 0.0154. The van der Waals surface area contributed by atoms with Gasteiger partial charge in [0.05, 0.1) is 25.4 Å². The molecule has 0 aromatic rings. The van der Waals surface area contributed by atoms with Crippen molar-refractivity contribution in [2.75, 3.05) is 13.2 Å². The zero-order valence-electron chi connectivity index (χ0n) is 51.3. The van der Waals surface area contributed by atoms with E-state index in [1.807, 2.05) is 6.08 Å². The monoisotopic (exact) mass is 1070 g/mol. The van der Waals surface area contributed by atoms with Crippen molar-refractivity contribution in [2.24, 2.45) is 0 Å². The third-order valence-corrected chi connectivity index (χ3v) is 15.9. The third kappa shape index (κ3) is 61.3. The number of nitrogens with one attached hydrogen (secondary N) is 1. The molecule has 3 N–H and O–H groups in total. The Kier molecular flexibility index (Phi) is 63.9. The maximum atomic E-state index is 12.5. The van der Waals surface area contributed by atoms with Crippen LogP contribution < -0.4 is 5.32 Å². The molecule has 0 aromatic carbocycles. The van der Waals surface area contributed by atoms with Gasteiger partial charge in [-0.3, -0.25) is 9.59 Å². The summed E-state index contributed by atoms with van der Waals surface area (Å²) in [5.41, 5.74) is 0. The fraction of sp³-hybridized carbons (Fsp3) is 0.886. The second-order valence-electron chi connectivity index (χ2n) is 23.5. The second kappa shape index (κ2) is 65.6. The fourth-order valence-electron chi connectivity index (χ4n) is 10.7. The number of carbonyl (C=O) groups excluding carboxylic acids is 2. The van der Waals surface area contributed by atoms with E-state index < -0.39 is 12.1 Å². The number of hydrogen-bond donors (Lipinski definition) is 3. The zero-order valence-corrected chi connectivity index (χ0v) is 51.3. The summed E-state index contributed by atoms with van der Waals surface area (Å²) < 4.78 is 5.50. The van der Waals surface area contributed by atoms with E-state index in [9.17, 15) is 19.8 Å². The third-order valence-electron chi connectivity index (χ3n) is 15.9. The molecule has 0 rings (SSSR count). The first-order valence-corrected chi connectivity index (χ1v) is 34.3. The average molecular weight is 1070 g/mol. The summed E-state index contributed by atoms with van der Waals surface area (Å²) in [7, 11) is 0. The van der Waals surface area contributed by atoms with Crippen molar-refractivity contribution in [3.8, 4) is 0 Å². The number of aliphatic hydroxyl groups is 2. The van der Waals surface area contributed by atoms with E-state index in [4.69, 9.17) is 4.74 Å². The van der Waals surface area contributed by atoms with E-state index >= 15 is 0 Å². The number of allylic oxidation sites excluding steroid dienone is 5. The predicted molar refractivity (Wildman–Crippen MR) is 333 cm³/mol. The number of aliphatic hydroxyl groups excluding tert-OH is 2. The molecule has 0 bridgehead atoms. The van der Waals surface area contributed by atoms with Crippen LogP contribution in [0.15, 0.2) is 36.5 Å². The van der Waals surface area contributed by atoms with Crippen LogP contribution in [0.2, 0.25) is 0 Å². The summed E-state index contributed by atoms with van der Waals surface area (Å²) in [4.78, 5) is 24.5. The van der Waals surface area contributed by atoms with Gasteiger partial charge in [0.25, 0.3) is 0 Å². The molecule has 76 heavy (non-hydrogen) atoms. The predicted octanol–water partition coefficient (Wildman–Crippen LogP) is 21.9. The highest BCUT2D eigenvalue weighted by molar-refractivity contribution is 5.76. The Hall–Kier alpha value is -1.92. The van der Waals surface area contributed by atoms with Crippen molar-refractivity contribution in [2.45, 2.75) is 386 Å². The summed E-state index contributed by atoms with van der Waals surface area (Å²) in [5.74, 6) is -0.0522. The highest BCUT2D eigenvalue weighted by atomic mass is 16.5. The molecule has 0 saturated carbocycles. The maximum Gasteiger partial charge on any atom is 0.305 e. The molecule has 448 valence electrons. The van der Waals surface area contributed by atoms with Gasteiger partial charge >= 0.3 is 5.97 Å². The minimum Gasteiger partial charge on any atom is -0.466 e. The van der Waals surface area contributed by atoms with Crippen molar-refractivity contribution in [3.63, 3.8) is 0 Å². The molecule has 6 nitrogen and oxygen atoms in total. The first-order valence-electron chi connectivity index (χ1n) is 34.3. The smallest absolute Gasteiger partial charge is 0.305 e. The molecule has 0 radical (unpaired) electrons. The summed E-state index contributed by atoms with van der Waals surface area (Å²) in [6.45, 7) is 4.93. The van der Waals surface area contributed by atoms with Gasteiger partial charge in [-0.25, -0.2) is 0 Å². The Balaban J connectivity index is 3.40. The Morgan fingerprint density at radius 2 is 0.658 bits per heavy atom. The van der Waals surface area contributed by atoms with E-state index in [-0.39, 0.29) is 18.5 Å². The molecular formula is C70H133NO5. The van der Waals surface area contributed by atoms with Crippen LogP contribution in [0.25, 0.3) is 0 Å². The lowest BCUT2D eigenvalue weighted by atomic mass is 10.0. The van der Waals surface area contributed by atoms with Crippen molar-refractivity contribution in [1.82, 2.24) is 5.32 Å². The van der Waals surface area contributed by atoms with Gasteiger partial charge < -0.3 is 20.3 Å². The van der Waals surface area contributed by atoms with Gasteiger partial charge in [-0.2, -0.15) is 0 Å². The molecule has 2 unspecified atom stereocenters. The maximum absolute atomic E-state index is 12.5. The summed E-state index contributed by atoms with van der Waals surface area (Å²) in [6.07, 6.45) is 83.6. The van der Waals surface area contributed by atoms with E-state index in [0.29, 0.717) is 19.4 Å². The first-order chi connectivity index (χ1) is 37.5. The number of amides is 1. The summed E-state index contributed by atoms with van der Waals surface area (Å²) >= 11 is 0. The molecule has 0 aliphatic heterocycles. The minimum atomic E-state index is -0.845. The molecule has 2 atom stereocenters. The van der Waals surface area contributed by atoms with Crippen LogP contribution in [0.4, 0.5) is 0 Å². The summed E-state index contributed by atoms with van der Waals surface area (Å²) in [5, 5.41) is 23.1.